The average molecular weight is 635 g/mol. The van der Waals surface area contributed by atoms with Crippen molar-refractivity contribution in [2.45, 2.75) is 38.7 Å². The number of carbonyl (C=O) groups excluding carboxylic acids is 2. The van der Waals surface area contributed by atoms with E-state index in [1.54, 1.807) is 6.92 Å². The molecule has 0 unspecified atom stereocenters. The Bertz CT molecular complexity index is 1590. The highest BCUT2D eigenvalue weighted by atomic mass is 35.5. The number of alkyl halides is 6. The van der Waals surface area contributed by atoms with Crippen LogP contribution in [0.2, 0.25) is 5.02 Å². The molecule has 6 nitrogen and oxygen atoms in total. The van der Waals surface area contributed by atoms with Crippen LogP contribution in [0, 0.1) is 6.92 Å². The van der Waals surface area contributed by atoms with E-state index in [4.69, 9.17) is 11.6 Å². The molecule has 14 heteroatoms. The van der Waals surface area contributed by atoms with Crippen molar-refractivity contribution >= 4 is 38.9 Å². The van der Waals surface area contributed by atoms with Crippen molar-refractivity contribution in [3.8, 4) is 0 Å². The number of sulfone groups is 1. The Balaban J connectivity index is 1.84. The number of halogens is 7. The molecule has 0 bridgehead atoms. The van der Waals surface area contributed by atoms with Gasteiger partial charge in [-0.25, -0.2) is 8.42 Å². The van der Waals surface area contributed by atoms with Crippen molar-refractivity contribution in [3.63, 3.8) is 0 Å². The maximum atomic E-state index is 13.2. The lowest BCUT2D eigenvalue weighted by Gasteiger charge is -2.17. The smallest absolute Gasteiger partial charge is 0.348 e. The quantitative estimate of drug-likeness (QED) is 0.270. The van der Waals surface area contributed by atoms with Gasteiger partial charge in [-0.1, -0.05) is 29.8 Å². The summed E-state index contributed by atoms with van der Waals surface area (Å²) >= 11 is 6.20. The second kappa shape index (κ2) is 12.3. The molecule has 0 heterocycles. The van der Waals surface area contributed by atoms with Crippen LogP contribution in [0.1, 0.15) is 55.5 Å². The zero-order valence-corrected chi connectivity index (χ0v) is 23.9. The molecule has 0 saturated heterocycles. The Kier molecular flexibility index (Phi) is 9.68. The molecule has 1 atom stereocenters. The van der Waals surface area contributed by atoms with E-state index in [0.717, 1.165) is 6.26 Å². The molecular weight excluding hydrogens is 610 g/mol. The minimum atomic E-state index is -4.97. The van der Waals surface area contributed by atoms with Crippen molar-refractivity contribution in [3.05, 3.63) is 98.6 Å². The van der Waals surface area contributed by atoms with Gasteiger partial charge >= 0.3 is 12.4 Å². The van der Waals surface area contributed by atoms with Crippen LogP contribution in [0.5, 0.6) is 0 Å². The fourth-order valence-corrected chi connectivity index (χ4v) is 5.51. The van der Waals surface area contributed by atoms with Crippen LogP contribution in [-0.4, -0.2) is 38.3 Å². The number of hydrogen-bond donors (Lipinski definition) is 2. The second-order valence-electron chi connectivity index (χ2n) is 9.82. The van der Waals surface area contributed by atoms with Gasteiger partial charge in [0, 0.05) is 18.0 Å². The molecule has 0 fully saturated rings. The molecule has 2 N–H and O–H groups in total. The summed E-state index contributed by atoms with van der Waals surface area (Å²) in [4.78, 5) is 26.0. The molecule has 42 heavy (non-hydrogen) atoms. The summed E-state index contributed by atoms with van der Waals surface area (Å²) in [5, 5.41) is 5.06. The van der Waals surface area contributed by atoms with Gasteiger partial charge in [-0.3, -0.25) is 9.59 Å². The molecule has 0 saturated carbocycles. The van der Waals surface area contributed by atoms with Crippen molar-refractivity contribution in [1.29, 1.82) is 0 Å². The van der Waals surface area contributed by atoms with E-state index in [-0.39, 0.29) is 45.6 Å². The molecule has 0 spiro atoms. The first-order valence-electron chi connectivity index (χ1n) is 12.2. The first kappa shape index (κ1) is 32.9. The van der Waals surface area contributed by atoms with Crippen molar-refractivity contribution < 1.29 is 44.3 Å². The number of hydrogen-bond acceptors (Lipinski definition) is 4. The van der Waals surface area contributed by atoms with Gasteiger partial charge in [0.1, 0.15) is 9.84 Å². The lowest BCUT2D eigenvalue weighted by Crippen LogP contribution is -2.38. The molecule has 0 aromatic heterocycles. The van der Waals surface area contributed by atoms with E-state index in [1.807, 2.05) is 0 Å². The maximum absolute atomic E-state index is 13.2. The highest BCUT2D eigenvalue weighted by molar-refractivity contribution is 7.90. The van der Waals surface area contributed by atoms with Crippen LogP contribution < -0.4 is 10.6 Å². The average Bonchev–Trinajstić information content (AvgIpc) is 2.82. The van der Waals surface area contributed by atoms with Gasteiger partial charge in [-0.2, -0.15) is 26.3 Å². The van der Waals surface area contributed by atoms with Crippen molar-refractivity contribution in [1.82, 2.24) is 5.32 Å². The topological polar surface area (TPSA) is 92.3 Å². The standard InChI is InChI=1S/C28H25ClF6N2O4S/c1-15-9-17(10-18-11-19(27(30,31)32)13-20(12-18)28(33,34)35)7-8-23(15)37-25(38)21-5-4-6-22(29)24(21)26(39)36-16(2)14-42(3,40)41/h4-9,11-13,16H,10,14H2,1-3H3,(H,36,39)(H,37,38)/t16-/m0/s1. The zero-order chi connectivity index (χ0) is 31.6. The minimum absolute atomic E-state index is 0.0573. The maximum Gasteiger partial charge on any atom is 0.416 e. The van der Waals surface area contributed by atoms with Gasteiger partial charge in [0.15, 0.2) is 0 Å². The van der Waals surface area contributed by atoms with Crippen LogP contribution in [0.4, 0.5) is 32.0 Å². The Morgan fingerprint density at radius 1 is 0.881 bits per heavy atom. The Hall–Kier alpha value is -3.58. The van der Waals surface area contributed by atoms with E-state index in [1.165, 1.54) is 43.3 Å². The predicted molar refractivity (Wildman–Crippen MR) is 146 cm³/mol. The Morgan fingerprint density at radius 2 is 1.48 bits per heavy atom. The molecular formula is C28H25ClF6N2O4S. The van der Waals surface area contributed by atoms with Crippen LogP contribution in [0.15, 0.2) is 54.6 Å². The first-order valence-corrected chi connectivity index (χ1v) is 14.6. The van der Waals surface area contributed by atoms with Crippen LogP contribution >= 0.6 is 11.6 Å². The summed E-state index contributed by atoms with van der Waals surface area (Å²) in [6.45, 7) is 3.05. The summed E-state index contributed by atoms with van der Waals surface area (Å²) < 4.78 is 102. The summed E-state index contributed by atoms with van der Waals surface area (Å²) in [7, 11) is -3.40. The summed E-state index contributed by atoms with van der Waals surface area (Å²) in [5.41, 5.74) is -2.23. The second-order valence-corrected chi connectivity index (χ2v) is 12.4. The molecule has 3 aromatic rings. The largest absolute Gasteiger partial charge is 0.416 e. The number of nitrogens with one attached hydrogen (secondary N) is 2. The predicted octanol–water partition coefficient (Wildman–Crippen LogP) is 6.69. The highest BCUT2D eigenvalue weighted by Gasteiger charge is 2.37. The number of aryl methyl sites for hydroxylation is 1. The monoisotopic (exact) mass is 634 g/mol. The lowest BCUT2D eigenvalue weighted by atomic mass is 9.98. The van der Waals surface area contributed by atoms with Crippen molar-refractivity contribution in [2.24, 2.45) is 0 Å². The molecule has 3 aromatic carbocycles. The van der Waals surface area contributed by atoms with Gasteiger partial charge in [-0.15, -0.1) is 0 Å². The van der Waals surface area contributed by atoms with Crippen LogP contribution in [0.3, 0.4) is 0 Å². The van der Waals surface area contributed by atoms with Crippen LogP contribution in [0.25, 0.3) is 0 Å². The normalized spacial score (nSPS) is 13.0. The number of anilines is 1. The summed E-state index contributed by atoms with van der Waals surface area (Å²) in [6.07, 6.45) is -9.17. The van der Waals surface area contributed by atoms with Crippen molar-refractivity contribution in [2.75, 3.05) is 17.3 Å². The van der Waals surface area contributed by atoms with E-state index in [0.29, 0.717) is 23.3 Å². The number of rotatable bonds is 8. The third kappa shape index (κ3) is 8.71. The van der Waals surface area contributed by atoms with Gasteiger partial charge < -0.3 is 10.6 Å². The third-order valence-corrected chi connectivity index (χ3v) is 7.43. The Morgan fingerprint density at radius 3 is 2.00 bits per heavy atom. The highest BCUT2D eigenvalue weighted by Crippen LogP contribution is 2.37. The molecule has 0 radical (unpaired) electrons. The summed E-state index contributed by atoms with van der Waals surface area (Å²) in [6, 6.07) is 9.12. The van der Waals surface area contributed by atoms with E-state index in [9.17, 15) is 44.3 Å². The fraction of sp³-hybridized carbons (Fsp3) is 0.286. The minimum Gasteiger partial charge on any atom is -0.348 e. The zero-order valence-electron chi connectivity index (χ0n) is 22.4. The molecule has 0 aliphatic carbocycles. The Labute approximate surface area is 243 Å². The third-order valence-electron chi connectivity index (χ3n) is 6.01. The molecule has 0 aliphatic rings. The number of benzene rings is 3. The first-order chi connectivity index (χ1) is 19.2. The van der Waals surface area contributed by atoms with E-state index >= 15 is 0 Å². The SMILES string of the molecule is Cc1cc(Cc2cc(C(F)(F)F)cc(C(F)(F)F)c2)ccc1NC(=O)c1cccc(Cl)c1C(=O)N[C@@H](C)CS(C)(=O)=O. The van der Waals surface area contributed by atoms with E-state index < -0.39 is 51.2 Å². The van der Waals surface area contributed by atoms with Crippen LogP contribution in [-0.2, 0) is 28.6 Å². The molecule has 2 amide bonds. The molecule has 226 valence electrons. The lowest BCUT2D eigenvalue weighted by molar-refractivity contribution is -0.143. The van der Waals surface area contributed by atoms with Gasteiger partial charge in [-0.05, 0) is 73.4 Å². The molecule has 3 rings (SSSR count). The van der Waals surface area contributed by atoms with Gasteiger partial charge in [0.2, 0.25) is 0 Å². The van der Waals surface area contributed by atoms with Gasteiger partial charge in [0.25, 0.3) is 11.8 Å². The molecule has 0 aliphatic heterocycles. The van der Waals surface area contributed by atoms with Gasteiger partial charge in [0.05, 0.1) is 33.0 Å². The fourth-order valence-electron chi connectivity index (χ4n) is 4.26. The number of carbonyl (C=O) groups is 2. The van der Waals surface area contributed by atoms with E-state index in [2.05, 4.69) is 10.6 Å². The summed E-state index contributed by atoms with van der Waals surface area (Å²) in [5.74, 6) is -1.84. The number of amides is 2.